The third-order valence-electron chi connectivity index (χ3n) is 4.29. The highest BCUT2D eigenvalue weighted by molar-refractivity contribution is 6.30. The van der Waals surface area contributed by atoms with Gasteiger partial charge in [0.15, 0.2) is 0 Å². The lowest BCUT2D eigenvalue weighted by Crippen LogP contribution is -2.35. The zero-order valence-corrected chi connectivity index (χ0v) is 15.7. The second-order valence-corrected chi connectivity index (χ2v) is 6.87. The predicted octanol–water partition coefficient (Wildman–Crippen LogP) is 3.65. The van der Waals surface area contributed by atoms with Crippen molar-refractivity contribution in [1.82, 2.24) is 4.90 Å². The maximum absolute atomic E-state index is 12.8. The van der Waals surface area contributed by atoms with Crippen molar-refractivity contribution in [2.45, 2.75) is 19.9 Å². The van der Waals surface area contributed by atoms with Gasteiger partial charge in [0.05, 0.1) is 5.69 Å². The first kappa shape index (κ1) is 18.9. The van der Waals surface area contributed by atoms with Crippen LogP contribution in [0.2, 0.25) is 5.02 Å². The fraction of sp³-hybridized carbons (Fsp3) is 0.250. The summed E-state index contributed by atoms with van der Waals surface area (Å²) in [5, 5.41) is 16.1. The van der Waals surface area contributed by atoms with Crippen LogP contribution in [-0.4, -0.2) is 40.7 Å². The molecule has 3 rings (SSSR count). The summed E-state index contributed by atoms with van der Waals surface area (Å²) in [6, 6.07) is 14.1. The van der Waals surface area contributed by atoms with Gasteiger partial charge in [0.2, 0.25) is 0 Å². The number of carboxylic acids is 1. The molecule has 1 aliphatic rings. The average molecular weight is 386 g/mol. The largest absolute Gasteiger partial charge is 0.480 e. The Kier molecular flexibility index (Phi) is 5.76. The summed E-state index contributed by atoms with van der Waals surface area (Å²) in [4.78, 5) is 25.3. The number of anilines is 1. The smallest absolute Gasteiger partial charge is 0.323 e. The average Bonchev–Trinajstić information content (AvgIpc) is 3.08. The Hall–Kier alpha value is -2.86. The topological polar surface area (TPSA) is 73.2 Å². The van der Waals surface area contributed by atoms with Crippen molar-refractivity contribution in [3.63, 3.8) is 0 Å². The first-order valence-electron chi connectivity index (χ1n) is 8.59. The molecule has 1 aliphatic heterocycles. The summed E-state index contributed by atoms with van der Waals surface area (Å²) in [5.41, 5.74) is 3.23. The van der Waals surface area contributed by atoms with Gasteiger partial charge in [-0.2, -0.15) is 5.10 Å². The van der Waals surface area contributed by atoms with E-state index in [1.54, 1.807) is 36.4 Å². The van der Waals surface area contributed by atoms with E-state index in [1.807, 2.05) is 24.1 Å². The van der Waals surface area contributed by atoms with Crippen LogP contribution < -0.4 is 5.01 Å². The lowest BCUT2D eigenvalue weighted by Gasteiger charge is -2.21. The Labute approximate surface area is 162 Å². The monoisotopic (exact) mass is 385 g/mol. The molecule has 0 aliphatic carbocycles. The van der Waals surface area contributed by atoms with Crippen molar-refractivity contribution in [1.29, 1.82) is 0 Å². The fourth-order valence-corrected chi connectivity index (χ4v) is 3.02. The van der Waals surface area contributed by atoms with Gasteiger partial charge in [0.25, 0.3) is 5.91 Å². The molecule has 1 heterocycles. The Balaban J connectivity index is 1.76. The highest BCUT2D eigenvalue weighted by Crippen LogP contribution is 2.21. The minimum atomic E-state index is -1.06. The molecular weight excluding hydrogens is 366 g/mol. The summed E-state index contributed by atoms with van der Waals surface area (Å²) in [7, 11) is 0. The molecule has 140 valence electrons. The molecule has 7 heteroatoms. The maximum Gasteiger partial charge on any atom is 0.323 e. The van der Waals surface area contributed by atoms with Gasteiger partial charge >= 0.3 is 5.97 Å². The number of carboxylic acid groups (broad SMARTS) is 1. The molecule has 0 atom stereocenters. The van der Waals surface area contributed by atoms with E-state index in [0.29, 0.717) is 10.6 Å². The number of hydrogen-bond acceptors (Lipinski definition) is 4. The van der Waals surface area contributed by atoms with Gasteiger partial charge in [-0.1, -0.05) is 23.7 Å². The molecule has 0 unspecified atom stereocenters. The molecule has 0 aromatic heterocycles. The molecule has 0 saturated carbocycles. The lowest BCUT2D eigenvalue weighted by atomic mass is 10.1. The molecule has 0 fully saturated rings. The zero-order valence-electron chi connectivity index (χ0n) is 14.9. The number of carbonyl (C=O) groups is 2. The lowest BCUT2D eigenvalue weighted by molar-refractivity contribution is -0.137. The molecule has 1 amide bonds. The Morgan fingerprint density at radius 1 is 1.15 bits per heavy atom. The summed E-state index contributed by atoms with van der Waals surface area (Å²) >= 11 is 5.88. The van der Waals surface area contributed by atoms with E-state index in [4.69, 9.17) is 11.6 Å². The molecule has 2 aromatic rings. The minimum Gasteiger partial charge on any atom is -0.480 e. The van der Waals surface area contributed by atoms with E-state index in [2.05, 4.69) is 5.10 Å². The molecule has 27 heavy (non-hydrogen) atoms. The Morgan fingerprint density at radius 2 is 1.81 bits per heavy atom. The van der Waals surface area contributed by atoms with Gasteiger partial charge in [0, 0.05) is 35.8 Å². The van der Waals surface area contributed by atoms with Crippen LogP contribution in [0.1, 0.15) is 29.3 Å². The van der Waals surface area contributed by atoms with Crippen molar-refractivity contribution in [3.05, 3.63) is 64.7 Å². The summed E-state index contributed by atoms with van der Waals surface area (Å²) < 4.78 is 0. The standard InChI is InChI=1S/C20H20ClN3O3/c1-14-10-11-24(22-14)18-8-4-16(5-9-18)20(27)23(13-19(25)26)12-15-2-6-17(21)7-3-15/h2-9H,10-13H2,1H3,(H,25,26). The van der Waals surface area contributed by atoms with Crippen LogP contribution in [0.15, 0.2) is 53.6 Å². The molecule has 2 aromatic carbocycles. The first-order chi connectivity index (χ1) is 12.9. The van der Waals surface area contributed by atoms with Gasteiger partial charge in [-0.05, 0) is 48.9 Å². The van der Waals surface area contributed by atoms with Crippen molar-refractivity contribution in [3.8, 4) is 0 Å². The van der Waals surface area contributed by atoms with E-state index in [1.165, 1.54) is 4.90 Å². The highest BCUT2D eigenvalue weighted by Gasteiger charge is 2.20. The highest BCUT2D eigenvalue weighted by atomic mass is 35.5. The quantitative estimate of drug-likeness (QED) is 0.823. The minimum absolute atomic E-state index is 0.194. The van der Waals surface area contributed by atoms with Gasteiger partial charge in [0.1, 0.15) is 6.54 Å². The third-order valence-corrected chi connectivity index (χ3v) is 4.54. The number of nitrogens with zero attached hydrogens (tertiary/aromatic N) is 3. The van der Waals surface area contributed by atoms with E-state index in [9.17, 15) is 14.7 Å². The van der Waals surface area contributed by atoms with Crippen molar-refractivity contribution >= 4 is 34.9 Å². The number of aliphatic carboxylic acids is 1. The van der Waals surface area contributed by atoms with Crippen LogP contribution >= 0.6 is 11.6 Å². The molecule has 0 spiro atoms. The summed E-state index contributed by atoms with van der Waals surface area (Å²) in [5.74, 6) is -1.39. The number of amides is 1. The number of hydrazone groups is 1. The van der Waals surface area contributed by atoms with Gasteiger partial charge in [-0.15, -0.1) is 0 Å². The van der Waals surface area contributed by atoms with E-state index >= 15 is 0 Å². The van der Waals surface area contributed by atoms with Crippen molar-refractivity contribution < 1.29 is 14.7 Å². The predicted molar refractivity (Wildman–Crippen MR) is 105 cm³/mol. The number of hydrogen-bond donors (Lipinski definition) is 1. The molecule has 0 saturated heterocycles. The summed E-state index contributed by atoms with van der Waals surface area (Å²) in [6.07, 6.45) is 0.925. The fourth-order valence-electron chi connectivity index (χ4n) is 2.89. The van der Waals surface area contributed by atoms with Crippen LogP contribution in [0.25, 0.3) is 0 Å². The van der Waals surface area contributed by atoms with Crippen LogP contribution in [0, 0.1) is 0 Å². The second-order valence-electron chi connectivity index (χ2n) is 6.44. The molecule has 1 N–H and O–H groups in total. The number of rotatable bonds is 6. The van der Waals surface area contributed by atoms with Gasteiger partial charge in [-0.3, -0.25) is 14.6 Å². The van der Waals surface area contributed by atoms with Gasteiger partial charge in [-0.25, -0.2) is 0 Å². The Bertz CT molecular complexity index is 863. The number of carbonyl (C=O) groups excluding carboxylic acids is 1. The maximum atomic E-state index is 12.8. The van der Waals surface area contributed by atoms with E-state index in [-0.39, 0.29) is 19.0 Å². The molecule has 6 nitrogen and oxygen atoms in total. The number of halogens is 1. The van der Waals surface area contributed by atoms with Crippen LogP contribution in [0.3, 0.4) is 0 Å². The Morgan fingerprint density at radius 3 is 2.37 bits per heavy atom. The van der Waals surface area contributed by atoms with Crippen LogP contribution in [0.4, 0.5) is 5.69 Å². The van der Waals surface area contributed by atoms with E-state index < -0.39 is 5.97 Å². The van der Waals surface area contributed by atoms with Gasteiger partial charge < -0.3 is 10.0 Å². The first-order valence-corrected chi connectivity index (χ1v) is 8.97. The van der Waals surface area contributed by atoms with Crippen molar-refractivity contribution in [2.24, 2.45) is 5.10 Å². The number of benzene rings is 2. The normalized spacial score (nSPS) is 13.4. The van der Waals surface area contributed by atoms with E-state index in [0.717, 1.165) is 29.9 Å². The molecular formula is C20H20ClN3O3. The SMILES string of the molecule is CC1=NN(c2ccc(C(=O)N(CC(=O)O)Cc3ccc(Cl)cc3)cc2)CC1. The molecule has 0 bridgehead atoms. The second kappa shape index (κ2) is 8.22. The van der Waals surface area contributed by atoms with Crippen molar-refractivity contribution in [2.75, 3.05) is 18.1 Å². The van der Waals surface area contributed by atoms with Crippen LogP contribution in [-0.2, 0) is 11.3 Å². The third kappa shape index (κ3) is 4.86. The molecule has 0 radical (unpaired) electrons. The summed E-state index contributed by atoms with van der Waals surface area (Å²) in [6.45, 7) is 2.62. The zero-order chi connectivity index (χ0) is 19.4. The van der Waals surface area contributed by atoms with Crippen LogP contribution in [0.5, 0.6) is 0 Å².